The molecule has 9 heteroatoms. The molecular formula is C29H33NO8. The van der Waals surface area contributed by atoms with Gasteiger partial charge in [0, 0.05) is 36.4 Å². The average molecular weight is 524 g/mol. The highest BCUT2D eigenvalue weighted by atomic mass is 16.6. The summed E-state index contributed by atoms with van der Waals surface area (Å²) >= 11 is 0. The van der Waals surface area contributed by atoms with E-state index in [9.17, 15) is 14.7 Å². The molecule has 1 unspecified atom stereocenters. The Labute approximate surface area is 222 Å². The molecule has 0 radical (unpaired) electrons. The van der Waals surface area contributed by atoms with Crippen molar-refractivity contribution in [2.45, 2.75) is 31.6 Å². The first-order valence-electron chi connectivity index (χ1n) is 12.4. The van der Waals surface area contributed by atoms with E-state index >= 15 is 0 Å². The van der Waals surface area contributed by atoms with Gasteiger partial charge in [-0.25, -0.2) is 0 Å². The number of rotatable bonds is 9. The molecule has 38 heavy (non-hydrogen) atoms. The third-order valence-electron chi connectivity index (χ3n) is 7.12. The molecule has 2 aromatic carbocycles. The first kappa shape index (κ1) is 27.2. The first-order chi connectivity index (χ1) is 18.3. The Balaban J connectivity index is 1.76. The number of ketones is 1. The Kier molecular flexibility index (Phi) is 8.36. The van der Waals surface area contributed by atoms with E-state index in [0.29, 0.717) is 46.2 Å². The Morgan fingerprint density at radius 2 is 1.61 bits per heavy atom. The molecule has 9 nitrogen and oxygen atoms in total. The summed E-state index contributed by atoms with van der Waals surface area (Å²) in [6.07, 6.45) is 0.755. The number of carbonyl (C=O) groups excluding carboxylic acids is 2. The van der Waals surface area contributed by atoms with Gasteiger partial charge < -0.3 is 28.8 Å². The lowest BCUT2D eigenvalue weighted by molar-refractivity contribution is -0.147. The second kappa shape index (κ2) is 11.7. The molecule has 0 saturated heterocycles. The topological polar surface area (TPSA) is 113 Å². The Hall–Kier alpha value is -3.85. The smallest absolute Gasteiger partial charge is 0.315 e. The number of methoxy groups -OCH3 is 4. The van der Waals surface area contributed by atoms with Crippen LogP contribution in [0.25, 0.3) is 0 Å². The van der Waals surface area contributed by atoms with Crippen LogP contribution in [0.3, 0.4) is 0 Å². The highest BCUT2D eigenvalue weighted by molar-refractivity contribution is 6.09. The number of carbonyl (C=O) groups is 2. The molecule has 0 fully saturated rings. The maximum atomic E-state index is 13.8. The van der Waals surface area contributed by atoms with Crippen molar-refractivity contribution in [3.8, 4) is 23.0 Å². The highest BCUT2D eigenvalue weighted by Gasteiger charge is 2.45. The molecular weight excluding hydrogens is 490 g/mol. The third kappa shape index (κ3) is 5.24. The number of aromatic hydroxyl groups is 1. The number of aliphatic imine (C=N–C) groups is 1. The van der Waals surface area contributed by atoms with Gasteiger partial charge in [0.05, 0.1) is 27.9 Å². The highest BCUT2D eigenvalue weighted by Crippen LogP contribution is 2.48. The van der Waals surface area contributed by atoms with E-state index < -0.39 is 17.8 Å². The maximum absolute atomic E-state index is 13.8. The van der Waals surface area contributed by atoms with Gasteiger partial charge in [-0.2, -0.15) is 0 Å². The molecule has 0 aromatic heterocycles. The lowest BCUT2D eigenvalue weighted by atomic mass is 9.69. The second-order valence-corrected chi connectivity index (χ2v) is 9.30. The minimum Gasteiger partial charge on any atom is -0.504 e. The van der Waals surface area contributed by atoms with Gasteiger partial charge in [0.2, 0.25) is 0 Å². The molecule has 1 aliphatic carbocycles. The van der Waals surface area contributed by atoms with Crippen molar-refractivity contribution in [1.82, 2.24) is 0 Å². The van der Waals surface area contributed by atoms with E-state index in [4.69, 9.17) is 28.7 Å². The molecule has 0 saturated carbocycles. The van der Waals surface area contributed by atoms with E-state index in [0.717, 1.165) is 5.56 Å². The van der Waals surface area contributed by atoms with Crippen LogP contribution in [0.5, 0.6) is 23.0 Å². The van der Waals surface area contributed by atoms with Gasteiger partial charge in [-0.1, -0.05) is 12.1 Å². The van der Waals surface area contributed by atoms with E-state index in [2.05, 4.69) is 0 Å². The Bertz CT molecular complexity index is 1280. The summed E-state index contributed by atoms with van der Waals surface area (Å²) in [6, 6.07) is 10.6. The molecule has 1 N–H and O–H groups in total. The van der Waals surface area contributed by atoms with Crippen molar-refractivity contribution in [1.29, 1.82) is 0 Å². The first-order valence-corrected chi connectivity index (χ1v) is 12.4. The van der Waals surface area contributed by atoms with Crippen LogP contribution in [-0.4, -0.2) is 64.2 Å². The van der Waals surface area contributed by atoms with Crippen molar-refractivity contribution < 1.29 is 38.4 Å². The van der Waals surface area contributed by atoms with Crippen LogP contribution in [0.15, 0.2) is 52.7 Å². The van der Waals surface area contributed by atoms with Crippen molar-refractivity contribution in [3.05, 3.63) is 58.8 Å². The third-order valence-corrected chi connectivity index (χ3v) is 7.12. The standard InChI is InChI=1S/C29H33NO8/c1-16-26(29(33)38-11-10-34-2)27(18-7-8-23(35-3)21(31)13-18)28-20(30-16)12-19(14-22(28)32)17-6-9-24(36-4)25(15-17)37-5/h6-9,13,15,19,26-27,31H,10-12,14H2,1-5H3/t19-,26?,27-/m0/s1. The van der Waals surface area contributed by atoms with Crippen molar-refractivity contribution in [2.24, 2.45) is 10.9 Å². The quantitative estimate of drug-likeness (QED) is 0.385. The van der Waals surface area contributed by atoms with Crippen LogP contribution in [0.1, 0.15) is 42.7 Å². The number of nitrogens with zero attached hydrogens (tertiary/aromatic N) is 1. The summed E-state index contributed by atoms with van der Waals surface area (Å²) in [4.78, 5) is 31.8. The Morgan fingerprint density at radius 3 is 2.26 bits per heavy atom. The van der Waals surface area contributed by atoms with Crippen LogP contribution < -0.4 is 14.2 Å². The van der Waals surface area contributed by atoms with Crippen LogP contribution in [0.4, 0.5) is 0 Å². The van der Waals surface area contributed by atoms with E-state index in [1.165, 1.54) is 20.3 Å². The minimum absolute atomic E-state index is 0.0784. The fourth-order valence-corrected chi connectivity index (χ4v) is 5.28. The van der Waals surface area contributed by atoms with Crippen LogP contribution in [0, 0.1) is 5.92 Å². The summed E-state index contributed by atoms with van der Waals surface area (Å²) in [7, 11) is 6.13. The molecule has 0 bridgehead atoms. The molecule has 202 valence electrons. The molecule has 2 aromatic rings. The van der Waals surface area contributed by atoms with Crippen molar-refractivity contribution >= 4 is 17.5 Å². The monoisotopic (exact) mass is 523 g/mol. The van der Waals surface area contributed by atoms with Crippen molar-refractivity contribution in [2.75, 3.05) is 41.7 Å². The van der Waals surface area contributed by atoms with Gasteiger partial charge in [0.1, 0.15) is 12.5 Å². The van der Waals surface area contributed by atoms with Crippen LogP contribution >= 0.6 is 0 Å². The SMILES string of the molecule is COCCOC(=O)C1C(C)=NC2=C(C(=O)C[C@@H](c3ccc(OC)c(OC)c3)C2)[C@H]1c1ccc(OC)c(O)c1. The molecule has 1 aliphatic heterocycles. The summed E-state index contributed by atoms with van der Waals surface area (Å²) in [6.45, 7) is 2.11. The average Bonchev–Trinajstić information content (AvgIpc) is 2.91. The summed E-state index contributed by atoms with van der Waals surface area (Å²) in [5, 5.41) is 10.5. The van der Waals surface area contributed by atoms with Gasteiger partial charge in [0.25, 0.3) is 0 Å². The predicted molar refractivity (Wildman–Crippen MR) is 140 cm³/mol. The molecule has 1 heterocycles. The number of benzene rings is 2. The number of hydrogen-bond donors (Lipinski definition) is 1. The van der Waals surface area contributed by atoms with Gasteiger partial charge in [-0.3, -0.25) is 14.6 Å². The number of esters is 1. The molecule has 4 rings (SSSR count). The lowest BCUT2D eigenvalue weighted by Crippen LogP contribution is -2.38. The van der Waals surface area contributed by atoms with Gasteiger partial charge in [-0.05, 0) is 54.7 Å². The predicted octanol–water partition coefficient (Wildman–Crippen LogP) is 4.18. The number of Topliss-reactive ketones (excluding diaryl/α,β-unsaturated/α-hetero) is 1. The van der Waals surface area contributed by atoms with E-state index in [-0.39, 0.29) is 37.1 Å². The zero-order valence-corrected chi connectivity index (χ0v) is 22.3. The van der Waals surface area contributed by atoms with E-state index in [1.54, 1.807) is 33.3 Å². The van der Waals surface area contributed by atoms with Gasteiger partial charge in [0.15, 0.2) is 28.8 Å². The number of phenolic OH excluding ortho intramolecular Hbond substituents is 1. The molecule has 0 spiro atoms. The summed E-state index contributed by atoms with van der Waals surface area (Å²) < 4.78 is 26.5. The minimum atomic E-state index is -0.819. The molecule has 2 aliphatic rings. The molecule has 3 atom stereocenters. The maximum Gasteiger partial charge on any atom is 0.315 e. The Morgan fingerprint density at radius 1 is 0.921 bits per heavy atom. The summed E-state index contributed by atoms with van der Waals surface area (Å²) in [5.74, 6) is -0.773. The zero-order valence-electron chi connectivity index (χ0n) is 22.3. The number of hydrogen-bond acceptors (Lipinski definition) is 9. The van der Waals surface area contributed by atoms with Crippen LogP contribution in [0.2, 0.25) is 0 Å². The van der Waals surface area contributed by atoms with E-state index in [1.807, 2.05) is 18.2 Å². The number of ether oxygens (including phenoxy) is 5. The number of phenols is 1. The fraction of sp³-hybridized carbons (Fsp3) is 0.414. The van der Waals surface area contributed by atoms with Crippen LogP contribution in [-0.2, 0) is 19.1 Å². The number of allylic oxidation sites excluding steroid dienone is 2. The van der Waals surface area contributed by atoms with Crippen molar-refractivity contribution in [3.63, 3.8) is 0 Å². The normalized spacial score (nSPS) is 20.9. The lowest BCUT2D eigenvalue weighted by Gasteiger charge is -2.36. The van der Waals surface area contributed by atoms with Gasteiger partial charge in [-0.15, -0.1) is 0 Å². The largest absolute Gasteiger partial charge is 0.504 e. The van der Waals surface area contributed by atoms with Gasteiger partial charge >= 0.3 is 5.97 Å². The zero-order chi connectivity index (χ0) is 27.4. The molecule has 0 amide bonds. The second-order valence-electron chi connectivity index (χ2n) is 9.30. The summed E-state index contributed by atoms with van der Waals surface area (Å²) in [5.41, 5.74) is 3.21. The fourth-order valence-electron chi connectivity index (χ4n) is 5.28.